The lowest BCUT2D eigenvalue weighted by molar-refractivity contribution is 0.110. The number of nitrogens with zero attached hydrogens (tertiary/aromatic N) is 2. The molecule has 0 atom stereocenters. The largest absolute Gasteiger partial charge is 0.497 e. The fourth-order valence-corrected chi connectivity index (χ4v) is 3.42. The summed E-state index contributed by atoms with van der Waals surface area (Å²) in [4.78, 5) is 15.6. The lowest BCUT2D eigenvalue weighted by Crippen LogP contribution is -2.46. The summed E-state index contributed by atoms with van der Waals surface area (Å²) in [6, 6.07) is 20.1. The molecule has 27 heavy (non-hydrogen) atoms. The molecule has 0 unspecified atom stereocenters. The summed E-state index contributed by atoms with van der Waals surface area (Å²) in [7, 11) is 1.69. The first-order chi connectivity index (χ1) is 13.3. The quantitative estimate of drug-likeness (QED) is 0.640. The van der Waals surface area contributed by atoms with Gasteiger partial charge in [-0.25, -0.2) is 0 Å². The van der Waals surface area contributed by atoms with Crippen LogP contribution < -0.4 is 14.5 Å². The van der Waals surface area contributed by atoms with Gasteiger partial charge >= 0.3 is 0 Å². The first-order valence-corrected chi connectivity index (χ1v) is 9.06. The minimum Gasteiger partial charge on any atom is -0.497 e. The molecule has 1 aliphatic rings. The van der Waals surface area contributed by atoms with Crippen LogP contribution in [0.5, 0.6) is 5.75 Å². The number of carbonyl (C=O) groups excluding carboxylic acids is 1. The molecular formula is C22H22N2O3. The third kappa shape index (κ3) is 3.67. The molecule has 138 valence electrons. The van der Waals surface area contributed by atoms with E-state index in [0.29, 0.717) is 11.5 Å². The van der Waals surface area contributed by atoms with Gasteiger partial charge in [-0.05, 0) is 60.7 Å². The van der Waals surface area contributed by atoms with Crippen molar-refractivity contribution >= 4 is 17.7 Å². The van der Waals surface area contributed by atoms with Crippen molar-refractivity contribution in [3.63, 3.8) is 0 Å². The van der Waals surface area contributed by atoms with Gasteiger partial charge in [0.25, 0.3) is 0 Å². The number of rotatable bonds is 5. The fraction of sp³-hybridized carbons (Fsp3) is 0.227. The minimum absolute atomic E-state index is 0.351. The summed E-state index contributed by atoms with van der Waals surface area (Å²) < 4.78 is 10.7. The molecule has 1 fully saturated rings. The number of benzene rings is 2. The Kier molecular flexibility index (Phi) is 4.83. The lowest BCUT2D eigenvalue weighted by Gasteiger charge is -2.37. The summed E-state index contributed by atoms with van der Waals surface area (Å²) >= 11 is 0. The highest BCUT2D eigenvalue weighted by molar-refractivity contribution is 5.73. The normalized spacial score (nSPS) is 14.3. The molecule has 1 aliphatic heterocycles. The molecule has 1 saturated heterocycles. The van der Waals surface area contributed by atoms with Crippen LogP contribution in [0.15, 0.2) is 65.1 Å². The Morgan fingerprint density at radius 3 is 1.85 bits per heavy atom. The van der Waals surface area contributed by atoms with Crippen molar-refractivity contribution in [2.24, 2.45) is 0 Å². The smallest absolute Gasteiger partial charge is 0.185 e. The van der Waals surface area contributed by atoms with Gasteiger partial charge in [0.1, 0.15) is 11.5 Å². The molecule has 0 amide bonds. The zero-order valence-electron chi connectivity index (χ0n) is 15.3. The van der Waals surface area contributed by atoms with Gasteiger partial charge in [0.05, 0.1) is 7.11 Å². The van der Waals surface area contributed by atoms with E-state index in [1.165, 1.54) is 11.4 Å². The average molecular weight is 362 g/mol. The maximum absolute atomic E-state index is 10.8. The Hall–Kier alpha value is -3.21. The number of anilines is 2. The van der Waals surface area contributed by atoms with E-state index in [0.717, 1.165) is 43.8 Å². The van der Waals surface area contributed by atoms with Crippen molar-refractivity contribution < 1.29 is 13.9 Å². The number of hydrogen-bond donors (Lipinski definition) is 0. The number of ether oxygens (including phenoxy) is 1. The van der Waals surface area contributed by atoms with Gasteiger partial charge in [-0.3, -0.25) is 4.79 Å². The van der Waals surface area contributed by atoms with Crippen LogP contribution in [0, 0.1) is 0 Å². The van der Waals surface area contributed by atoms with Crippen molar-refractivity contribution in [1.29, 1.82) is 0 Å². The number of methoxy groups -OCH3 is 1. The van der Waals surface area contributed by atoms with Crippen LogP contribution in [0.2, 0.25) is 0 Å². The van der Waals surface area contributed by atoms with Gasteiger partial charge in [0.2, 0.25) is 0 Å². The molecule has 0 N–H and O–H groups in total. The van der Waals surface area contributed by atoms with Crippen LogP contribution >= 0.6 is 0 Å². The maximum Gasteiger partial charge on any atom is 0.185 e. The van der Waals surface area contributed by atoms with E-state index in [2.05, 4.69) is 34.1 Å². The van der Waals surface area contributed by atoms with Crippen LogP contribution in [0.4, 0.5) is 11.4 Å². The molecule has 1 aromatic heterocycles. The molecule has 4 rings (SSSR count). The summed E-state index contributed by atoms with van der Waals surface area (Å²) in [6.45, 7) is 3.91. The average Bonchev–Trinajstić information content (AvgIpc) is 3.23. The van der Waals surface area contributed by atoms with E-state index in [4.69, 9.17) is 9.15 Å². The molecule has 0 spiro atoms. The Morgan fingerprint density at radius 1 is 0.815 bits per heavy atom. The van der Waals surface area contributed by atoms with Crippen LogP contribution in [0.3, 0.4) is 0 Å². The Balaban J connectivity index is 1.39. The maximum atomic E-state index is 10.8. The molecule has 0 saturated carbocycles. The highest BCUT2D eigenvalue weighted by atomic mass is 16.5. The third-order valence-corrected chi connectivity index (χ3v) is 4.98. The van der Waals surface area contributed by atoms with E-state index in [1.807, 2.05) is 30.3 Å². The number of aldehydes is 1. The van der Waals surface area contributed by atoms with Gasteiger partial charge in [0, 0.05) is 43.1 Å². The number of hydrogen-bond acceptors (Lipinski definition) is 5. The predicted octanol–water partition coefficient (Wildman–Crippen LogP) is 4.09. The van der Waals surface area contributed by atoms with E-state index >= 15 is 0 Å². The summed E-state index contributed by atoms with van der Waals surface area (Å²) in [6.07, 6.45) is 0.722. The molecule has 5 heteroatoms. The summed E-state index contributed by atoms with van der Waals surface area (Å²) in [5.74, 6) is 1.95. The second kappa shape index (κ2) is 7.58. The highest BCUT2D eigenvalue weighted by Gasteiger charge is 2.18. The highest BCUT2D eigenvalue weighted by Crippen LogP contribution is 2.26. The summed E-state index contributed by atoms with van der Waals surface area (Å²) in [5.41, 5.74) is 3.41. The standard InChI is InChI=1S/C22H22N2O3/c1-26-20-8-6-19(7-9-20)24-14-12-23(13-15-24)18-4-2-17(3-5-18)22-11-10-21(16-25)27-22/h2-11,16H,12-15H2,1H3. The zero-order valence-corrected chi connectivity index (χ0v) is 15.3. The molecule has 5 nitrogen and oxygen atoms in total. The van der Waals surface area contributed by atoms with E-state index in [-0.39, 0.29) is 0 Å². The van der Waals surface area contributed by atoms with Gasteiger partial charge in [-0.2, -0.15) is 0 Å². The molecular weight excluding hydrogens is 340 g/mol. The van der Waals surface area contributed by atoms with Crippen LogP contribution in [-0.4, -0.2) is 39.6 Å². The fourth-order valence-electron chi connectivity index (χ4n) is 3.42. The van der Waals surface area contributed by atoms with E-state index in [1.54, 1.807) is 13.2 Å². The first kappa shape index (κ1) is 17.2. The molecule has 0 bridgehead atoms. The SMILES string of the molecule is COc1ccc(N2CCN(c3ccc(-c4ccc(C=O)o4)cc3)CC2)cc1. The van der Waals surface area contributed by atoms with Crippen LogP contribution in [0.1, 0.15) is 10.6 Å². The second-order valence-electron chi connectivity index (χ2n) is 6.54. The molecule has 3 aromatic rings. The van der Waals surface area contributed by atoms with Gasteiger partial charge in [-0.15, -0.1) is 0 Å². The molecule has 2 aromatic carbocycles. The Labute approximate surface area is 158 Å². The van der Waals surface area contributed by atoms with Crippen LogP contribution in [-0.2, 0) is 0 Å². The van der Waals surface area contributed by atoms with Gasteiger partial charge < -0.3 is 19.0 Å². The van der Waals surface area contributed by atoms with Gasteiger partial charge in [0.15, 0.2) is 12.0 Å². The van der Waals surface area contributed by atoms with Crippen molar-refractivity contribution in [3.8, 4) is 17.1 Å². The second-order valence-corrected chi connectivity index (χ2v) is 6.54. The Bertz CT molecular complexity index is 892. The topological polar surface area (TPSA) is 45.9 Å². The van der Waals surface area contributed by atoms with Crippen molar-refractivity contribution in [2.45, 2.75) is 0 Å². The monoisotopic (exact) mass is 362 g/mol. The van der Waals surface area contributed by atoms with E-state index < -0.39 is 0 Å². The zero-order chi connectivity index (χ0) is 18.6. The molecule has 0 aliphatic carbocycles. The van der Waals surface area contributed by atoms with Crippen molar-refractivity contribution in [2.75, 3.05) is 43.1 Å². The van der Waals surface area contributed by atoms with Gasteiger partial charge in [-0.1, -0.05) is 0 Å². The first-order valence-electron chi connectivity index (χ1n) is 9.06. The number of furan rings is 1. The van der Waals surface area contributed by atoms with E-state index in [9.17, 15) is 4.79 Å². The minimum atomic E-state index is 0.351. The summed E-state index contributed by atoms with van der Waals surface area (Å²) in [5, 5.41) is 0. The molecule has 2 heterocycles. The molecule has 0 radical (unpaired) electrons. The van der Waals surface area contributed by atoms with Crippen molar-refractivity contribution in [1.82, 2.24) is 0 Å². The third-order valence-electron chi connectivity index (χ3n) is 4.98. The van der Waals surface area contributed by atoms with Crippen molar-refractivity contribution in [3.05, 3.63) is 66.4 Å². The number of carbonyl (C=O) groups is 1. The predicted molar refractivity (Wildman–Crippen MR) is 107 cm³/mol. The number of piperazine rings is 1. The van der Waals surface area contributed by atoms with Crippen LogP contribution in [0.25, 0.3) is 11.3 Å². The Morgan fingerprint density at radius 2 is 1.37 bits per heavy atom. The lowest BCUT2D eigenvalue weighted by atomic mass is 10.1.